The van der Waals surface area contributed by atoms with Crippen LogP contribution < -0.4 is 9.47 Å². The third-order valence-corrected chi connectivity index (χ3v) is 3.25. The number of benzene rings is 1. The average Bonchev–Trinajstić information content (AvgIpc) is 2.99. The van der Waals surface area contributed by atoms with Gasteiger partial charge in [-0.1, -0.05) is 0 Å². The summed E-state index contributed by atoms with van der Waals surface area (Å²) < 4.78 is 10.8. The molecule has 0 unspecified atom stereocenters. The Morgan fingerprint density at radius 1 is 1.37 bits per heavy atom. The highest BCUT2D eigenvalue weighted by atomic mass is 16.7. The molecular formula is C13H12N2O4. The van der Waals surface area contributed by atoms with Crippen LogP contribution in [0.3, 0.4) is 0 Å². The predicted molar refractivity (Wildman–Crippen MR) is 66.6 cm³/mol. The van der Waals surface area contributed by atoms with Crippen LogP contribution in [-0.2, 0) is 0 Å². The fraction of sp³-hybridized carbons (Fsp3) is 0.231. The molecule has 2 heterocycles. The molecule has 2 aromatic rings. The van der Waals surface area contributed by atoms with Crippen molar-refractivity contribution in [1.29, 1.82) is 0 Å². The number of nitrogens with one attached hydrogen (secondary N) is 1. The van der Waals surface area contributed by atoms with E-state index in [0.29, 0.717) is 17.2 Å². The van der Waals surface area contributed by atoms with Gasteiger partial charge in [-0.05, 0) is 37.1 Å². The van der Waals surface area contributed by atoms with E-state index in [9.17, 15) is 4.79 Å². The Morgan fingerprint density at radius 2 is 2.16 bits per heavy atom. The molecule has 19 heavy (non-hydrogen) atoms. The number of H-pyrrole nitrogens is 1. The predicted octanol–water partition coefficient (Wildman–Crippen LogP) is 2.12. The molecule has 2 N–H and O–H groups in total. The molecular weight excluding hydrogens is 248 g/mol. The molecule has 1 aromatic heterocycles. The number of nitrogens with zero attached hydrogens (tertiary/aromatic N) is 1. The van der Waals surface area contributed by atoms with Gasteiger partial charge in [0.1, 0.15) is 5.69 Å². The molecule has 0 spiro atoms. The van der Waals surface area contributed by atoms with Crippen molar-refractivity contribution in [2.75, 3.05) is 6.79 Å². The maximum absolute atomic E-state index is 10.9. The monoisotopic (exact) mass is 260 g/mol. The molecule has 0 fully saturated rings. The number of rotatable bonds is 2. The third kappa shape index (κ3) is 1.72. The molecule has 0 saturated carbocycles. The van der Waals surface area contributed by atoms with Crippen molar-refractivity contribution in [3.8, 4) is 22.8 Å². The second-order valence-corrected chi connectivity index (χ2v) is 4.40. The van der Waals surface area contributed by atoms with Gasteiger partial charge in [0, 0.05) is 0 Å². The smallest absolute Gasteiger partial charge is 0.353 e. The molecule has 6 heteroatoms. The molecule has 1 aromatic carbocycles. The zero-order valence-electron chi connectivity index (χ0n) is 10.5. The van der Waals surface area contributed by atoms with Crippen molar-refractivity contribution in [1.82, 2.24) is 10.2 Å². The first kappa shape index (κ1) is 11.6. The minimum atomic E-state index is -1.04. The summed E-state index contributed by atoms with van der Waals surface area (Å²) in [5, 5.41) is 15.5. The van der Waals surface area contributed by atoms with Crippen LogP contribution in [0.5, 0.6) is 11.5 Å². The first-order valence-corrected chi connectivity index (χ1v) is 5.77. The lowest BCUT2D eigenvalue weighted by molar-refractivity contribution is 0.0690. The van der Waals surface area contributed by atoms with Crippen molar-refractivity contribution in [2.45, 2.75) is 13.8 Å². The van der Waals surface area contributed by atoms with Gasteiger partial charge in [-0.15, -0.1) is 0 Å². The van der Waals surface area contributed by atoms with E-state index in [-0.39, 0.29) is 12.5 Å². The second-order valence-electron chi connectivity index (χ2n) is 4.40. The third-order valence-electron chi connectivity index (χ3n) is 3.25. The highest BCUT2D eigenvalue weighted by Gasteiger charge is 2.24. The largest absolute Gasteiger partial charge is 0.477 e. The Bertz CT molecular complexity index is 676. The number of ether oxygens (including phenoxy) is 2. The van der Waals surface area contributed by atoms with Crippen LogP contribution in [-0.4, -0.2) is 28.1 Å². The number of hydrogen-bond donors (Lipinski definition) is 2. The first-order chi connectivity index (χ1) is 9.08. The second kappa shape index (κ2) is 4.01. The van der Waals surface area contributed by atoms with Gasteiger partial charge in [0.2, 0.25) is 6.79 Å². The van der Waals surface area contributed by atoms with Gasteiger partial charge in [0.25, 0.3) is 0 Å². The average molecular weight is 260 g/mol. The van der Waals surface area contributed by atoms with E-state index >= 15 is 0 Å². The molecule has 0 aliphatic carbocycles. The Labute approximate surface area is 109 Å². The molecule has 0 atom stereocenters. The maximum atomic E-state index is 10.9. The number of aryl methyl sites for hydroxylation is 1. The number of fused-ring (bicyclic) bond motifs is 1. The van der Waals surface area contributed by atoms with Gasteiger partial charge in [0.05, 0.1) is 11.3 Å². The number of carboxylic acids is 1. The first-order valence-electron chi connectivity index (χ1n) is 5.77. The Balaban J connectivity index is 2.21. The van der Waals surface area contributed by atoms with Gasteiger partial charge in [-0.2, -0.15) is 5.10 Å². The molecule has 0 radical (unpaired) electrons. The van der Waals surface area contributed by atoms with E-state index in [1.807, 2.05) is 19.9 Å². The van der Waals surface area contributed by atoms with Crippen LogP contribution in [0.1, 0.15) is 21.6 Å². The molecule has 98 valence electrons. The van der Waals surface area contributed by atoms with Crippen molar-refractivity contribution in [3.63, 3.8) is 0 Å². The molecule has 0 bridgehead atoms. The number of hydrogen-bond acceptors (Lipinski definition) is 4. The highest BCUT2D eigenvalue weighted by Crippen LogP contribution is 2.44. The van der Waals surface area contributed by atoms with Crippen LogP contribution in [0.15, 0.2) is 12.1 Å². The van der Waals surface area contributed by atoms with E-state index in [0.717, 1.165) is 16.7 Å². The topological polar surface area (TPSA) is 84.4 Å². The van der Waals surface area contributed by atoms with Crippen molar-refractivity contribution in [2.24, 2.45) is 0 Å². The normalized spacial score (nSPS) is 12.7. The molecule has 0 amide bonds. The number of aromatic carboxylic acids is 1. The zero-order valence-corrected chi connectivity index (χ0v) is 10.5. The van der Waals surface area contributed by atoms with Crippen LogP contribution in [0, 0.1) is 13.8 Å². The van der Waals surface area contributed by atoms with E-state index in [1.54, 1.807) is 0 Å². The van der Waals surface area contributed by atoms with E-state index in [2.05, 4.69) is 10.2 Å². The van der Waals surface area contributed by atoms with Crippen LogP contribution >= 0.6 is 0 Å². The number of aromatic nitrogens is 2. The molecule has 1 aliphatic heterocycles. The summed E-state index contributed by atoms with van der Waals surface area (Å²) in [5.41, 5.74) is 3.40. The van der Waals surface area contributed by atoms with Crippen LogP contribution in [0.25, 0.3) is 11.3 Å². The highest BCUT2D eigenvalue weighted by molar-refractivity contribution is 5.88. The lowest BCUT2D eigenvalue weighted by Crippen LogP contribution is -1.95. The number of carboxylic acid groups (broad SMARTS) is 1. The van der Waals surface area contributed by atoms with E-state index < -0.39 is 5.97 Å². The number of aromatic amines is 1. The van der Waals surface area contributed by atoms with Gasteiger partial charge in [0.15, 0.2) is 11.5 Å². The van der Waals surface area contributed by atoms with Crippen LogP contribution in [0.4, 0.5) is 0 Å². The fourth-order valence-corrected chi connectivity index (χ4v) is 2.13. The number of carbonyl (C=O) groups is 1. The minimum Gasteiger partial charge on any atom is -0.477 e. The zero-order chi connectivity index (χ0) is 13.6. The van der Waals surface area contributed by atoms with Gasteiger partial charge >= 0.3 is 5.97 Å². The summed E-state index contributed by atoms with van der Waals surface area (Å²) >= 11 is 0. The Hall–Kier alpha value is -2.50. The SMILES string of the molecule is Cc1cc2c(c(-c3cc(C(=O)O)[nH]n3)c1C)OCO2. The maximum Gasteiger partial charge on any atom is 0.353 e. The van der Waals surface area contributed by atoms with Crippen molar-refractivity contribution >= 4 is 5.97 Å². The molecule has 6 nitrogen and oxygen atoms in total. The summed E-state index contributed by atoms with van der Waals surface area (Å²) in [5.74, 6) is 0.238. The summed E-state index contributed by atoms with van der Waals surface area (Å²) in [4.78, 5) is 10.9. The quantitative estimate of drug-likeness (QED) is 0.864. The summed E-state index contributed by atoms with van der Waals surface area (Å²) in [6.07, 6.45) is 0. The molecule has 1 aliphatic rings. The fourth-order valence-electron chi connectivity index (χ4n) is 2.13. The molecule has 3 rings (SSSR count). The van der Waals surface area contributed by atoms with E-state index in [1.165, 1.54) is 6.07 Å². The van der Waals surface area contributed by atoms with E-state index in [4.69, 9.17) is 14.6 Å². The summed E-state index contributed by atoms with van der Waals surface area (Å²) in [6.45, 7) is 4.08. The van der Waals surface area contributed by atoms with Gasteiger partial charge in [-0.25, -0.2) is 4.79 Å². The van der Waals surface area contributed by atoms with Gasteiger partial charge < -0.3 is 14.6 Å². The standard InChI is InChI=1S/C13H12N2O4/c1-6-3-10-12(19-5-18-10)11(7(6)2)8-4-9(13(16)17)15-14-8/h3-4H,5H2,1-2H3,(H,14,15)(H,16,17). The van der Waals surface area contributed by atoms with Crippen molar-refractivity contribution in [3.05, 3.63) is 29.0 Å². The lowest BCUT2D eigenvalue weighted by Gasteiger charge is -2.09. The van der Waals surface area contributed by atoms with Gasteiger partial charge in [-0.3, -0.25) is 5.10 Å². The Morgan fingerprint density at radius 3 is 2.84 bits per heavy atom. The summed E-state index contributed by atoms with van der Waals surface area (Å²) in [6, 6.07) is 3.40. The minimum absolute atomic E-state index is 0.0450. The van der Waals surface area contributed by atoms with Crippen LogP contribution in [0.2, 0.25) is 0 Å². The van der Waals surface area contributed by atoms with Crippen molar-refractivity contribution < 1.29 is 19.4 Å². The molecule has 0 saturated heterocycles. The lowest BCUT2D eigenvalue weighted by atomic mass is 9.99. The summed E-state index contributed by atoms with van der Waals surface area (Å²) in [7, 11) is 0. The Kier molecular flexibility index (Phi) is 2.45.